The van der Waals surface area contributed by atoms with Crippen LogP contribution in [0, 0.1) is 5.41 Å². The number of hydrogen-bond donors (Lipinski definition) is 1. The molecule has 0 atom stereocenters. The van der Waals surface area contributed by atoms with Crippen molar-refractivity contribution in [1.82, 2.24) is 9.80 Å². The van der Waals surface area contributed by atoms with Gasteiger partial charge in [0.05, 0.1) is 5.41 Å². The highest BCUT2D eigenvalue weighted by Gasteiger charge is 2.26. The van der Waals surface area contributed by atoms with Crippen LogP contribution in [0.4, 0.5) is 0 Å². The fourth-order valence-electron chi connectivity index (χ4n) is 2.51. The molecule has 1 rings (SSSR count). The predicted octanol–water partition coefficient (Wildman–Crippen LogP) is 2.29. The van der Waals surface area contributed by atoms with Gasteiger partial charge in [0.25, 0.3) is 0 Å². The molecule has 1 fully saturated rings. The van der Waals surface area contributed by atoms with E-state index in [9.17, 15) is 4.79 Å². The first-order valence-corrected chi connectivity index (χ1v) is 7.53. The van der Waals surface area contributed by atoms with Gasteiger partial charge in [-0.25, -0.2) is 0 Å². The molecule has 1 heterocycles. The van der Waals surface area contributed by atoms with Crippen molar-refractivity contribution in [3.63, 3.8) is 0 Å². The van der Waals surface area contributed by atoms with Gasteiger partial charge in [0, 0.05) is 32.2 Å². The molecule has 4 heteroatoms. The van der Waals surface area contributed by atoms with Gasteiger partial charge < -0.3 is 10.0 Å². The van der Waals surface area contributed by atoms with Crippen LogP contribution in [-0.4, -0.2) is 59.6 Å². The maximum atomic E-state index is 11.0. The lowest BCUT2D eigenvalue weighted by molar-refractivity contribution is -0.147. The van der Waals surface area contributed by atoms with Gasteiger partial charge in [-0.2, -0.15) is 0 Å². The highest BCUT2D eigenvalue weighted by atomic mass is 16.4. The van der Waals surface area contributed by atoms with Gasteiger partial charge in [-0.05, 0) is 47.1 Å². The second kappa shape index (κ2) is 7.25. The van der Waals surface area contributed by atoms with E-state index < -0.39 is 11.4 Å². The van der Waals surface area contributed by atoms with Crippen molar-refractivity contribution >= 4 is 5.97 Å². The van der Waals surface area contributed by atoms with Crippen LogP contribution >= 0.6 is 0 Å². The molecule has 19 heavy (non-hydrogen) atoms. The zero-order valence-corrected chi connectivity index (χ0v) is 13.0. The Bertz CT molecular complexity index is 282. The van der Waals surface area contributed by atoms with Crippen molar-refractivity contribution in [3.05, 3.63) is 0 Å². The zero-order chi connectivity index (χ0) is 14.5. The van der Waals surface area contributed by atoms with E-state index in [4.69, 9.17) is 5.11 Å². The fourth-order valence-corrected chi connectivity index (χ4v) is 2.51. The Morgan fingerprint density at radius 1 is 1.16 bits per heavy atom. The van der Waals surface area contributed by atoms with Gasteiger partial charge in [0.15, 0.2) is 0 Å². The lowest BCUT2D eigenvalue weighted by atomic mass is 9.87. The molecule has 0 aromatic carbocycles. The standard InChI is InChI=1S/C15H30N2O2/c1-13(2)17-11-9-16(10-12-17)8-6-5-7-15(3,4)14(18)19/h13H,5-12H2,1-4H3,(H,18,19). The molecule has 0 radical (unpaired) electrons. The molecule has 1 N–H and O–H groups in total. The molecule has 0 aliphatic carbocycles. The minimum atomic E-state index is -0.682. The zero-order valence-electron chi connectivity index (χ0n) is 13.0. The Morgan fingerprint density at radius 2 is 1.74 bits per heavy atom. The summed E-state index contributed by atoms with van der Waals surface area (Å²) in [5.41, 5.74) is -0.573. The summed E-state index contributed by atoms with van der Waals surface area (Å²) in [5.74, 6) is -0.682. The Hall–Kier alpha value is -0.610. The van der Waals surface area contributed by atoms with E-state index in [0.29, 0.717) is 6.04 Å². The maximum Gasteiger partial charge on any atom is 0.309 e. The van der Waals surface area contributed by atoms with Gasteiger partial charge in [-0.3, -0.25) is 9.69 Å². The van der Waals surface area contributed by atoms with Crippen LogP contribution in [0.2, 0.25) is 0 Å². The van der Waals surface area contributed by atoms with E-state index in [0.717, 1.165) is 52.0 Å². The summed E-state index contributed by atoms with van der Waals surface area (Å²) in [5, 5.41) is 9.05. The number of nitrogens with zero attached hydrogens (tertiary/aromatic N) is 2. The number of unbranched alkanes of at least 4 members (excludes halogenated alkanes) is 1. The molecule has 0 unspecified atom stereocenters. The summed E-state index contributed by atoms with van der Waals surface area (Å²) in [4.78, 5) is 16.0. The number of carbonyl (C=O) groups is 1. The Kier molecular flexibility index (Phi) is 6.27. The quantitative estimate of drug-likeness (QED) is 0.721. The summed E-state index contributed by atoms with van der Waals surface area (Å²) in [7, 11) is 0. The van der Waals surface area contributed by atoms with Crippen molar-refractivity contribution in [2.45, 2.75) is 53.0 Å². The number of carboxylic acids is 1. The minimum Gasteiger partial charge on any atom is -0.481 e. The van der Waals surface area contributed by atoms with Crippen molar-refractivity contribution in [2.75, 3.05) is 32.7 Å². The summed E-state index contributed by atoms with van der Waals surface area (Å²) in [6, 6.07) is 0.651. The molecule has 0 bridgehead atoms. The number of aliphatic carboxylic acids is 1. The average molecular weight is 270 g/mol. The monoisotopic (exact) mass is 270 g/mol. The van der Waals surface area contributed by atoms with Gasteiger partial charge in [0.2, 0.25) is 0 Å². The smallest absolute Gasteiger partial charge is 0.309 e. The molecule has 4 nitrogen and oxygen atoms in total. The molecule has 1 saturated heterocycles. The molecule has 0 aromatic heterocycles. The SMILES string of the molecule is CC(C)N1CCN(CCCCC(C)(C)C(=O)O)CC1. The minimum absolute atomic E-state index is 0.573. The largest absolute Gasteiger partial charge is 0.481 e. The van der Waals surface area contributed by atoms with Crippen molar-refractivity contribution in [2.24, 2.45) is 5.41 Å². The van der Waals surface area contributed by atoms with E-state index in [2.05, 4.69) is 23.6 Å². The molecular formula is C15H30N2O2. The summed E-state index contributed by atoms with van der Waals surface area (Å²) in [6.07, 6.45) is 2.89. The van der Waals surface area contributed by atoms with Crippen LogP contribution in [-0.2, 0) is 4.79 Å². The molecule has 112 valence electrons. The Morgan fingerprint density at radius 3 is 2.21 bits per heavy atom. The highest BCUT2D eigenvalue weighted by molar-refractivity contribution is 5.73. The molecule has 0 amide bonds. The van der Waals surface area contributed by atoms with E-state index >= 15 is 0 Å². The number of carboxylic acid groups (broad SMARTS) is 1. The third kappa shape index (κ3) is 5.49. The van der Waals surface area contributed by atoms with Gasteiger partial charge in [0.1, 0.15) is 0 Å². The van der Waals surface area contributed by atoms with Crippen molar-refractivity contribution in [1.29, 1.82) is 0 Å². The third-order valence-corrected chi connectivity index (χ3v) is 4.24. The Labute approximate surface area is 117 Å². The predicted molar refractivity (Wildman–Crippen MR) is 78.4 cm³/mol. The summed E-state index contributed by atoms with van der Waals surface area (Å²) >= 11 is 0. The average Bonchev–Trinajstić information content (AvgIpc) is 2.35. The van der Waals surface area contributed by atoms with Crippen molar-refractivity contribution in [3.8, 4) is 0 Å². The number of rotatable bonds is 7. The molecule has 1 aliphatic heterocycles. The lowest BCUT2D eigenvalue weighted by Gasteiger charge is -2.37. The summed E-state index contributed by atoms with van der Waals surface area (Å²) in [6.45, 7) is 13.9. The van der Waals surface area contributed by atoms with E-state index in [1.165, 1.54) is 0 Å². The Balaban J connectivity index is 2.13. The fraction of sp³-hybridized carbons (Fsp3) is 0.933. The second-order valence-corrected chi connectivity index (χ2v) is 6.62. The summed E-state index contributed by atoms with van der Waals surface area (Å²) < 4.78 is 0. The molecule has 0 saturated carbocycles. The lowest BCUT2D eigenvalue weighted by Crippen LogP contribution is -2.48. The molecule has 0 spiro atoms. The van der Waals surface area contributed by atoms with E-state index in [1.54, 1.807) is 0 Å². The van der Waals surface area contributed by atoms with Crippen LogP contribution in [0.25, 0.3) is 0 Å². The van der Waals surface area contributed by atoms with Crippen LogP contribution in [0.1, 0.15) is 47.0 Å². The molecule has 0 aromatic rings. The van der Waals surface area contributed by atoms with Crippen LogP contribution in [0.5, 0.6) is 0 Å². The van der Waals surface area contributed by atoms with Crippen LogP contribution in [0.15, 0.2) is 0 Å². The topological polar surface area (TPSA) is 43.8 Å². The number of piperazine rings is 1. The molecular weight excluding hydrogens is 240 g/mol. The maximum absolute atomic E-state index is 11.0. The van der Waals surface area contributed by atoms with Gasteiger partial charge in [-0.15, -0.1) is 0 Å². The van der Waals surface area contributed by atoms with Gasteiger partial charge in [-0.1, -0.05) is 6.42 Å². The van der Waals surface area contributed by atoms with E-state index in [-0.39, 0.29) is 0 Å². The molecule has 1 aliphatic rings. The highest BCUT2D eigenvalue weighted by Crippen LogP contribution is 2.23. The van der Waals surface area contributed by atoms with Crippen LogP contribution < -0.4 is 0 Å². The van der Waals surface area contributed by atoms with Crippen molar-refractivity contribution < 1.29 is 9.90 Å². The first-order chi connectivity index (χ1) is 8.83. The third-order valence-electron chi connectivity index (χ3n) is 4.24. The second-order valence-electron chi connectivity index (χ2n) is 6.62. The van der Waals surface area contributed by atoms with Gasteiger partial charge >= 0.3 is 5.97 Å². The number of hydrogen-bond acceptors (Lipinski definition) is 3. The normalized spacial score (nSPS) is 19.0. The first-order valence-electron chi connectivity index (χ1n) is 7.53. The first kappa shape index (κ1) is 16.4. The van der Waals surface area contributed by atoms with E-state index in [1.807, 2.05) is 13.8 Å². The van der Waals surface area contributed by atoms with Crippen LogP contribution in [0.3, 0.4) is 0 Å².